The van der Waals surface area contributed by atoms with Crippen LogP contribution >= 0.6 is 0 Å². The SMILES string of the molecule is c1ccc2oc(OCCN3CCOCC3)cc2c1. The van der Waals surface area contributed by atoms with Crippen molar-refractivity contribution in [3.8, 4) is 5.95 Å². The molecule has 0 bridgehead atoms. The number of rotatable bonds is 4. The van der Waals surface area contributed by atoms with E-state index in [9.17, 15) is 0 Å². The molecule has 0 saturated carbocycles. The summed E-state index contributed by atoms with van der Waals surface area (Å²) in [6.45, 7) is 5.20. The molecular weight excluding hydrogens is 230 g/mol. The number of hydrogen-bond donors (Lipinski definition) is 0. The number of fused-ring (bicyclic) bond motifs is 1. The normalized spacial score (nSPS) is 17.1. The third-order valence-corrected chi connectivity index (χ3v) is 3.16. The highest BCUT2D eigenvalue weighted by molar-refractivity contribution is 5.78. The van der Waals surface area contributed by atoms with Gasteiger partial charge in [0.05, 0.1) is 13.2 Å². The van der Waals surface area contributed by atoms with Crippen molar-refractivity contribution < 1.29 is 13.9 Å². The van der Waals surface area contributed by atoms with Crippen LogP contribution in [0.1, 0.15) is 0 Å². The van der Waals surface area contributed by atoms with E-state index in [1.807, 2.05) is 30.3 Å². The largest absolute Gasteiger partial charge is 0.464 e. The van der Waals surface area contributed by atoms with Crippen LogP contribution in [0.15, 0.2) is 34.7 Å². The van der Waals surface area contributed by atoms with Crippen LogP contribution in [0.3, 0.4) is 0 Å². The molecule has 2 heterocycles. The van der Waals surface area contributed by atoms with Crippen molar-refractivity contribution in [3.05, 3.63) is 30.3 Å². The third-order valence-electron chi connectivity index (χ3n) is 3.16. The van der Waals surface area contributed by atoms with Crippen molar-refractivity contribution in [1.29, 1.82) is 0 Å². The zero-order valence-electron chi connectivity index (χ0n) is 10.3. The minimum atomic E-state index is 0.601. The van der Waals surface area contributed by atoms with Crippen molar-refractivity contribution in [2.75, 3.05) is 39.5 Å². The summed E-state index contributed by atoms with van der Waals surface area (Å²) in [5, 5.41) is 1.08. The average Bonchev–Trinajstić information content (AvgIpc) is 2.82. The monoisotopic (exact) mass is 247 g/mol. The molecule has 0 amide bonds. The van der Waals surface area contributed by atoms with E-state index < -0.39 is 0 Å². The van der Waals surface area contributed by atoms with E-state index in [4.69, 9.17) is 13.9 Å². The number of hydrogen-bond acceptors (Lipinski definition) is 4. The summed E-state index contributed by atoms with van der Waals surface area (Å²) < 4.78 is 16.5. The average molecular weight is 247 g/mol. The fraction of sp³-hybridized carbons (Fsp3) is 0.429. The maximum atomic E-state index is 5.64. The van der Waals surface area contributed by atoms with Crippen LogP contribution in [-0.2, 0) is 4.74 Å². The molecule has 0 spiro atoms. The van der Waals surface area contributed by atoms with Gasteiger partial charge in [-0.1, -0.05) is 18.2 Å². The highest BCUT2D eigenvalue weighted by Crippen LogP contribution is 2.24. The van der Waals surface area contributed by atoms with Gasteiger partial charge in [-0.05, 0) is 6.07 Å². The van der Waals surface area contributed by atoms with Gasteiger partial charge in [0, 0.05) is 31.1 Å². The summed E-state index contributed by atoms with van der Waals surface area (Å²) in [7, 11) is 0. The first kappa shape index (κ1) is 11.6. The first-order valence-electron chi connectivity index (χ1n) is 6.33. The Kier molecular flexibility index (Phi) is 3.48. The molecule has 2 aromatic rings. The lowest BCUT2D eigenvalue weighted by molar-refractivity contribution is 0.0309. The van der Waals surface area contributed by atoms with Crippen LogP contribution in [0.2, 0.25) is 0 Å². The smallest absolute Gasteiger partial charge is 0.285 e. The fourth-order valence-electron chi connectivity index (χ4n) is 2.13. The molecule has 1 aliphatic heterocycles. The topological polar surface area (TPSA) is 34.8 Å². The molecule has 1 aliphatic rings. The van der Waals surface area contributed by atoms with Crippen LogP contribution in [0.25, 0.3) is 11.0 Å². The number of furan rings is 1. The van der Waals surface area contributed by atoms with Gasteiger partial charge in [-0.25, -0.2) is 0 Å². The Morgan fingerprint density at radius 1 is 1.17 bits per heavy atom. The third kappa shape index (κ3) is 2.66. The molecule has 0 unspecified atom stereocenters. The molecule has 1 saturated heterocycles. The summed E-state index contributed by atoms with van der Waals surface area (Å²) in [4.78, 5) is 2.34. The number of benzene rings is 1. The molecule has 4 heteroatoms. The van der Waals surface area contributed by atoms with E-state index >= 15 is 0 Å². The maximum absolute atomic E-state index is 5.64. The Morgan fingerprint density at radius 3 is 2.83 bits per heavy atom. The maximum Gasteiger partial charge on any atom is 0.285 e. The van der Waals surface area contributed by atoms with Crippen molar-refractivity contribution in [1.82, 2.24) is 4.90 Å². The molecule has 18 heavy (non-hydrogen) atoms. The lowest BCUT2D eigenvalue weighted by Crippen LogP contribution is -2.38. The fourth-order valence-corrected chi connectivity index (χ4v) is 2.13. The Morgan fingerprint density at radius 2 is 2.00 bits per heavy atom. The van der Waals surface area contributed by atoms with E-state index in [0.717, 1.165) is 43.8 Å². The second-order valence-corrected chi connectivity index (χ2v) is 4.41. The van der Waals surface area contributed by atoms with Crippen molar-refractivity contribution in [3.63, 3.8) is 0 Å². The highest BCUT2D eigenvalue weighted by Gasteiger charge is 2.10. The second-order valence-electron chi connectivity index (χ2n) is 4.41. The highest BCUT2D eigenvalue weighted by atomic mass is 16.6. The van der Waals surface area contributed by atoms with Gasteiger partial charge in [-0.15, -0.1) is 0 Å². The first-order chi connectivity index (χ1) is 8.92. The van der Waals surface area contributed by atoms with Gasteiger partial charge in [0.25, 0.3) is 5.95 Å². The molecule has 1 fully saturated rings. The summed E-state index contributed by atoms with van der Waals surface area (Å²) in [6, 6.07) is 9.87. The van der Waals surface area contributed by atoms with E-state index in [2.05, 4.69) is 4.90 Å². The second kappa shape index (κ2) is 5.42. The van der Waals surface area contributed by atoms with Crippen LogP contribution < -0.4 is 4.74 Å². The van der Waals surface area contributed by atoms with Crippen LogP contribution in [0.5, 0.6) is 5.95 Å². The predicted octanol–water partition coefficient (Wildman–Crippen LogP) is 2.14. The van der Waals surface area contributed by atoms with Crippen molar-refractivity contribution >= 4 is 11.0 Å². The van der Waals surface area contributed by atoms with Gasteiger partial charge in [-0.2, -0.15) is 0 Å². The number of ether oxygens (including phenoxy) is 2. The van der Waals surface area contributed by atoms with Gasteiger partial charge in [0.15, 0.2) is 0 Å². The minimum absolute atomic E-state index is 0.601. The van der Waals surface area contributed by atoms with E-state index in [-0.39, 0.29) is 0 Å². The van der Waals surface area contributed by atoms with E-state index in [1.54, 1.807) is 0 Å². The molecule has 1 aromatic carbocycles. The van der Waals surface area contributed by atoms with Crippen molar-refractivity contribution in [2.24, 2.45) is 0 Å². The number of para-hydroxylation sites is 1. The van der Waals surface area contributed by atoms with Crippen LogP contribution in [-0.4, -0.2) is 44.4 Å². The molecule has 4 nitrogen and oxygen atoms in total. The minimum Gasteiger partial charge on any atom is -0.464 e. The first-order valence-corrected chi connectivity index (χ1v) is 6.33. The summed E-state index contributed by atoms with van der Waals surface area (Å²) in [6.07, 6.45) is 0. The molecular formula is C14H17NO3. The number of morpholine rings is 1. The quantitative estimate of drug-likeness (QED) is 0.829. The predicted molar refractivity (Wildman–Crippen MR) is 69.0 cm³/mol. The van der Waals surface area contributed by atoms with Gasteiger partial charge >= 0.3 is 0 Å². The van der Waals surface area contributed by atoms with Crippen LogP contribution in [0.4, 0.5) is 0 Å². The summed E-state index contributed by atoms with van der Waals surface area (Å²) in [5.41, 5.74) is 0.874. The Hall–Kier alpha value is -1.52. The number of nitrogens with zero attached hydrogens (tertiary/aromatic N) is 1. The van der Waals surface area contributed by atoms with Gasteiger partial charge in [-0.3, -0.25) is 4.90 Å². The Labute approximate surface area is 106 Å². The van der Waals surface area contributed by atoms with Crippen LogP contribution in [0, 0.1) is 0 Å². The standard InChI is InChI=1S/C14H17NO3/c1-2-4-13-12(3-1)11-14(18-13)17-10-7-15-5-8-16-9-6-15/h1-4,11H,5-10H2. The molecule has 0 atom stereocenters. The Bertz CT molecular complexity index is 469. The summed E-state index contributed by atoms with van der Waals surface area (Å²) >= 11 is 0. The van der Waals surface area contributed by atoms with Crippen molar-refractivity contribution in [2.45, 2.75) is 0 Å². The lowest BCUT2D eigenvalue weighted by Gasteiger charge is -2.26. The molecule has 3 rings (SSSR count). The molecule has 96 valence electrons. The Balaban J connectivity index is 1.53. The zero-order chi connectivity index (χ0) is 12.2. The van der Waals surface area contributed by atoms with Gasteiger partial charge in [0.2, 0.25) is 0 Å². The molecule has 1 aromatic heterocycles. The lowest BCUT2D eigenvalue weighted by atomic mass is 10.3. The molecule has 0 N–H and O–H groups in total. The van der Waals surface area contributed by atoms with Gasteiger partial charge in [0.1, 0.15) is 12.2 Å². The van der Waals surface area contributed by atoms with E-state index in [0.29, 0.717) is 12.6 Å². The molecule has 0 aliphatic carbocycles. The summed E-state index contributed by atoms with van der Waals surface area (Å²) in [5.74, 6) is 0.601. The van der Waals surface area contributed by atoms with Gasteiger partial charge < -0.3 is 13.9 Å². The molecule has 0 radical (unpaired) electrons. The van der Waals surface area contributed by atoms with E-state index in [1.165, 1.54) is 0 Å². The zero-order valence-corrected chi connectivity index (χ0v) is 10.3.